The van der Waals surface area contributed by atoms with Crippen molar-refractivity contribution in [2.45, 2.75) is 19.3 Å². The van der Waals surface area contributed by atoms with Gasteiger partial charge in [0.25, 0.3) is 0 Å². The molecule has 1 saturated heterocycles. The number of benzene rings is 1. The van der Waals surface area contributed by atoms with Crippen molar-refractivity contribution in [2.24, 2.45) is 0 Å². The number of nitrogens with zero attached hydrogens (tertiary/aromatic N) is 3. The summed E-state index contributed by atoms with van der Waals surface area (Å²) in [6.45, 7) is 0.605. The van der Waals surface area contributed by atoms with Crippen LogP contribution >= 0.6 is 0 Å². The molecule has 0 unspecified atom stereocenters. The van der Waals surface area contributed by atoms with Gasteiger partial charge in [-0.2, -0.15) is 5.26 Å². The Hall–Kier alpha value is -3.67. The lowest BCUT2D eigenvalue weighted by atomic mass is 10.1. The number of carbonyl (C=O) groups is 2. The summed E-state index contributed by atoms with van der Waals surface area (Å²) in [6, 6.07) is 5.36. The van der Waals surface area contributed by atoms with Crippen molar-refractivity contribution < 1.29 is 23.8 Å². The molecule has 2 aliphatic heterocycles. The van der Waals surface area contributed by atoms with Crippen molar-refractivity contribution in [3.05, 3.63) is 29.6 Å². The number of ether oxygens (including phenoxy) is 3. The Morgan fingerprint density at radius 2 is 1.96 bits per heavy atom. The summed E-state index contributed by atoms with van der Waals surface area (Å²) >= 11 is 0. The molecule has 0 spiro atoms. The third kappa shape index (κ3) is 2.70. The van der Waals surface area contributed by atoms with Crippen molar-refractivity contribution in [2.75, 3.05) is 31.1 Å². The van der Waals surface area contributed by atoms with Crippen LogP contribution in [0, 0.1) is 11.3 Å². The van der Waals surface area contributed by atoms with E-state index in [0.29, 0.717) is 35.8 Å². The van der Waals surface area contributed by atoms with Crippen LogP contribution in [0.3, 0.4) is 0 Å². The van der Waals surface area contributed by atoms with E-state index in [-0.39, 0.29) is 29.6 Å². The molecular weight excluding hydrogens is 364 g/mol. The molecule has 3 heterocycles. The van der Waals surface area contributed by atoms with Crippen LogP contribution in [0.2, 0.25) is 0 Å². The predicted octanol–water partition coefficient (Wildman–Crippen LogP) is 1.96. The SMILES string of the molecule is COC(=O)c1c(N)c(C#N)cn1-c1cc2c(cc1N1CCCCC1=O)OCO2. The predicted molar refractivity (Wildman–Crippen MR) is 98.6 cm³/mol. The van der Waals surface area contributed by atoms with Gasteiger partial charge in [0.05, 0.1) is 29.7 Å². The number of nitrogens with two attached hydrogens (primary N) is 1. The second-order valence-electron chi connectivity index (χ2n) is 6.48. The van der Waals surface area contributed by atoms with E-state index in [2.05, 4.69) is 0 Å². The molecule has 1 amide bonds. The molecule has 2 aliphatic rings. The van der Waals surface area contributed by atoms with Crippen molar-refractivity contribution in [1.82, 2.24) is 4.57 Å². The van der Waals surface area contributed by atoms with Gasteiger partial charge in [-0.25, -0.2) is 4.79 Å². The number of hydrogen-bond donors (Lipinski definition) is 1. The molecule has 0 radical (unpaired) electrons. The van der Waals surface area contributed by atoms with Gasteiger partial charge in [-0.05, 0) is 12.8 Å². The topological polar surface area (TPSA) is 120 Å². The molecule has 28 heavy (non-hydrogen) atoms. The maximum atomic E-state index is 12.6. The van der Waals surface area contributed by atoms with Crippen LogP contribution in [-0.2, 0) is 9.53 Å². The normalized spacial score (nSPS) is 15.4. The summed E-state index contributed by atoms with van der Waals surface area (Å²) in [5.41, 5.74) is 7.22. The lowest BCUT2D eigenvalue weighted by Gasteiger charge is -2.29. The number of rotatable bonds is 3. The molecule has 1 fully saturated rings. The number of fused-ring (bicyclic) bond motifs is 1. The average Bonchev–Trinajstić information content (AvgIpc) is 3.30. The van der Waals surface area contributed by atoms with E-state index in [4.69, 9.17) is 19.9 Å². The number of methoxy groups -OCH3 is 1. The average molecular weight is 382 g/mol. The summed E-state index contributed by atoms with van der Waals surface area (Å²) in [5, 5.41) is 9.37. The Labute approximate surface area is 160 Å². The van der Waals surface area contributed by atoms with E-state index in [1.165, 1.54) is 17.9 Å². The summed E-state index contributed by atoms with van der Waals surface area (Å²) in [6.07, 6.45) is 3.59. The van der Waals surface area contributed by atoms with Gasteiger partial charge in [-0.15, -0.1) is 0 Å². The standard InChI is InChI=1S/C19H18N4O5/c1-26-19(25)18-17(21)11(8-20)9-23(18)13-7-15-14(27-10-28-15)6-12(13)22-5-3-2-4-16(22)24/h6-7,9H,2-5,10,21H2,1H3. The maximum absolute atomic E-state index is 12.6. The minimum atomic E-state index is -0.687. The molecule has 0 bridgehead atoms. The molecule has 9 heteroatoms. The van der Waals surface area contributed by atoms with Crippen molar-refractivity contribution in [3.63, 3.8) is 0 Å². The van der Waals surface area contributed by atoms with E-state index in [0.717, 1.165) is 12.8 Å². The highest BCUT2D eigenvalue weighted by Crippen LogP contribution is 2.42. The van der Waals surface area contributed by atoms with Crippen LogP contribution < -0.4 is 20.1 Å². The fourth-order valence-corrected chi connectivity index (χ4v) is 3.49. The Morgan fingerprint density at radius 1 is 1.25 bits per heavy atom. The third-order valence-corrected chi connectivity index (χ3v) is 4.89. The molecule has 1 aromatic carbocycles. The van der Waals surface area contributed by atoms with Gasteiger partial charge in [0.1, 0.15) is 6.07 Å². The molecule has 1 aromatic heterocycles. The molecule has 0 atom stereocenters. The van der Waals surface area contributed by atoms with E-state index in [1.54, 1.807) is 17.0 Å². The largest absolute Gasteiger partial charge is 0.464 e. The van der Waals surface area contributed by atoms with Gasteiger partial charge >= 0.3 is 5.97 Å². The Bertz CT molecular complexity index is 1020. The summed E-state index contributed by atoms with van der Waals surface area (Å²) < 4.78 is 17.3. The quantitative estimate of drug-likeness (QED) is 0.806. The summed E-state index contributed by atoms with van der Waals surface area (Å²) in [5.74, 6) is 0.279. The highest BCUT2D eigenvalue weighted by atomic mass is 16.7. The zero-order chi connectivity index (χ0) is 19.8. The molecule has 4 rings (SSSR count). The number of esters is 1. The molecule has 2 aromatic rings. The minimum absolute atomic E-state index is 0.0166. The first-order valence-corrected chi connectivity index (χ1v) is 8.78. The van der Waals surface area contributed by atoms with Gasteiger partial charge in [0.2, 0.25) is 12.7 Å². The first-order valence-electron chi connectivity index (χ1n) is 8.78. The van der Waals surface area contributed by atoms with Crippen LogP contribution in [0.5, 0.6) is 11.5 Å². The number of nitriles is 1. The molecular formula is C19H18N4O5. The molecule has 2 N–H and O–H groups in total. The van der Waals surface area contributed by atoms with Crippen LogP contribution in [-0.4, -0.2) is 36.9 Å². The zero-order valence-corrected chi connectivity index (χ0v) is 15.2. The second-order valence-corrected chi connectivity index (χ2v) is 6.48. The zero-order valence-electron chi connectivity index (χ0n) is 15.2. The smallest absolute Gasteiger partial charge is 0.357 e. The fourth-order valence-electron chi connectivity index (χ4n) is 3.49. The number of hydrogen-bond acceptors (Lipinski definition) is 7. The molecule has 144 valence electrons. The second kappa shape index (κ2) is 6.81. The number of anilines is 2. The van der Waals surface area contributed by atoms with Crippen LogP contribution in [0.25, 0.3) is 5.69 Å². The first kappa shape index (κ1) is 17.7. The Balaban J connectivity index is 1.97. The minimum Gasteiger partial charge on any atom is -0.464 e. The van der Waals surface area contributed by atoms with Crippen LogP contribution in [0.1, 0.15) is 35.3 Å². The van der Waals surface area contributed by atoms with Crippen LogP contribution in [0.4, 0.5) is 11.4 Å². The molecule has 0 saturated carbocycles. The van der Waals surface area contributed by atoms with Gasteiger partial charge in [-0.3, -0.25) is 4.79 Å². The molecule has 9 nitrogen and oxygen atoms in total. The van der Waals surface area contributed by atoms with E-state index in [9.17, 15) is 14.9 Å². The number of nitrogen functional groups attached to an aromatic ring is 1. The first-order chi connectivity index (χ1) is 13.5. The highest BCUT2D eigenvalue weighted by Gasteiger charge is 2.30. The lowest BCUT2D eigenvalue weighted by Crippen LogP contribution is -2.36. The Morgan fingerprint density at radius 3 is 2.61 bits per heavy atom. The van der Waals surface area contributed by atoms with Crippen molar-refractivity contribution in [1.29, 1.82) is 5.26 Å². The van der Waals surface area contributed by atoms with E-state index in [1.807, 2.05) is 6.07 Å². The van der Waals surface area contributed by atoms with Crippen molar-refractivity contribution >= 4 is 23.3 Å². The molecule has 0 aliphatic carbocycles. The number of carbonyl (C=O) groups excluding carboxylic acids is 2. The third-order valence-electron chi connectivity index (χ3n) is 4.89. The Kier molecular flexibility index (Phi) is 4.31. The number of aromatic nitrogens is 1. The summed E-state index contributed by atoms with van der Waals surface area (Å²) in [4.78, 5) is 26.6. The van der Waals surface area contributed by atoms with Crippen LogP contribution in [0.15, 0.2) is 18.3 Å². The summed E-state index contributed by atoms with van der Waals surface area (Å²) in [7, 11) is 1.24. The van der Waals surface area contributed by atoms with E-state index < -0.39 is 5.97 Å². The van der Waals surface area contributed by atoms with Crippen molar-refractivity contribution in [3.8, 4) is 23.3 Å². The monoisotopic (exact) mass is 382 g/mol. The lowest BCUT2D eigenvalue weighted by molar-refractivity contribution is -0.119. The van der Waals surface area contributed by atoms with E-state index >= 15 is 0 Å². The van der Waals surface area contributed by atoms with Gasteiger partial charge in [0.15, 0.2) is 17.2 Å². The van der Waals surface area contributed by atoms with Gasteiger partial charge in [0, 0.05) is 31.3 Å². The number of piperidine rings is 1. The number of amides is 1. The maximum Gasteiger partial charge on any atom is 0.357 e. The van der Waals surface area contributed by atoms with Gasteiger partial charge < -0.3 is 29.4 Å². The van der Waals surface area contributed by atoms with Gasteiger partial charge in [-0.1, -0.05) is 0 Å². The fraction of sp³-hybridized carbons (Fsp3) is 0.316. The highest BCUT2D eigenvalue weighted by molar-refractivity contribution is 5.99.